The minimum atomic E-state index is -3.60. The highest BCUT2D eigenvalue weighted by atomic mass is 32.2. The molecule has 110 valence electrons. The van der Waals surface area contributed by atoms with E-state index in [9.17, 15) is 8.42 Å². The van der Waals surface area contributed by atoms with Crippen LogP contribution in [0.4, 0.5) is 0 Å². The van der Waals surface area contributed by atoms with Crippen LogP contribution in [0, 0.1) is 0 Å². The van der Waals surface area contributed by atoms with Crippen LogP contribution in [0.25, 0.3) is 0 Å². The van der Waals surface area contributed by atoms with Crippen molar-refractivity contribution in [3.63, 3.8) is 0 Å². The third-order valence-corrected chi connectivity index (χ3v) is 5.78. The normalized spacial score (nSPS) is 28.1. The number of fused-ring (bicyclic) bond motifs is 1. The van der Waals surface area contributed by atoms with Crippen molar-refractivity contribution in [3.05, 3.63) is 52.6 Å². The van der Waals surface area contributed by atoms with Gasteiger partial charge in [0.15, 0.2) is 5.60 Å². The van der Waals surface area contributed by atoms with Gasteiger partial charge in [-0.2, -0.15) is 0 Å². The number of aliphatic imine (C=N–C) groups is 1. The molecule has 0 aliphatic carbocycles. The second kappa shape index (κ2) is 4.56. The van der Waals surface area contributed by atoms with Crippen molar-refractivity contribution < 1.29 is 13.2 Å². The summed E-state index contributed by atoms with van der Waals surface area (Å²) >= 11 is 0. The Labute approximate surface area is 124 Å². The van der Waals surface area contributed by atoms with Crippen LogP contribution in [0.1, 0.15) is 20.8 Å². The van der Waals surface area contributed by atoms with E-state index in [1.165, 1.54) is 0 Å². The third kappa shape index (κ3) is 2.12. The molecule has 0 radical (unpaired) electrons. The Balaban J connectivity index is 2.12. The second-order valence-corrected chi connectivity index (χ2v) is 7.51. The lowest BCUT2D eigenvalue weighted by Gasteiger charge is -2.29. The number of nitrogens with zero attached hydrogens (tertiary/aromatic N) is 1. The predicted octanol–water partition coefficient (Wildman–Crippen LogP) is 2.88. The number of hydrogen-bond donors (Lipinski definition) is 0. The standard InChI is InChI=1S/C16H17NO3S/c1-11-9-16(3)15(17-10-11)14(12(2)20-16)21(18,19)13-7-5-4-6-8-13/h4-10,15H,1-3H3/t15-,16-/m0/s1. The maximum Gasteiger partial charge on any atom is 0.208 e. The molecular weight excluding hydrogens is 286 g/mol. The summed E-state index contributed by atoms with van der Waals surface area (Å²) in [7, 11) is -3.60. The molecule has 21 heavy (non-hydrogen) atoms. The van der Waals surface area contributed by atoms with E-state index in [1.54, 1.807) is 43.5 Å². The van der Waals surface area contributed by atoms with Crippen LogP contribution in [0.3, 0.4) is 0 Å². The van der Waals surface area contributed by atoms with Crippen molar-refractivity contribution in [1.82, 2.24) is 0 Å². The number of benzene rings is 1. The highest BCUT2D eigenvalue weighted by Crippen LogP contribution is 2.43. The van der Waals surface area contributed by atoms with Gasteiger partial charge in [0.25, 0.3) is 0 Å². The van der Waals surface area contributed by atoms with Crippen LogP contribution >= 0.6 is 0 Å². The molecule has 1 aromatic rings. The first-order valence-electron chi connectivity index (χ1n) is 6.77. The fourth-order valence-electron chi connectivity index (χ4n) is 2.96. The van der Waals surface area contributed by atoms with Gasteiger partial charge in [-0.25, -0.2) is 8.42 Å². The molecule has 0 saturated heterocycles. The molecule has 0 unspecified atom stereocenters. The van der Waals surface area contributed by atoms with Crippen LogP contribution in [-0.2, 0) is 14.6 Å². The summed E-state index contributed by atoms with van der Waals surface area (Å²) in [6.45, 7) is 5.49. The lowest BCUT2D eigenvalue weighted by atomic mass is 9.93. The lowest BCUT2D eigenvalue weighted by molar-refractivity contribution is 0.0772. The van der Waals surface area contributed by atoms with Gasteiger partial charge >= 0.3 is 0 Å². The van der Waals surface area contributed by atoms with Crippen LogP contribution in [0.15, 0.2) is 62.5 Å². The van der Waals surface area contributed by atoms with Gasteiger partial charge in [-0.15, -0.1) is 0 Å². The zero-order valence-electron chi connectivity index (χ0n) is 12.2. The first-order chi connectivity index (χ1) is 9.84. The van der Waals surface area contributed by atoms with E-state index in [-0.39, 0.29) is 9.80 Å². The van der Waals surface area contributed by atoms with E-state index in [0.29, 0.717) is 5.76 Å². The van der Waals surface area contributed by atoms with Gasteiger partial charge in [-0.3, -0.25) is 4.99 Å². The number of ether oxygens (including phenoxy) is 1. The zero-order valence-corrected chi connectivity index (χ0v) is 13.0. The molecule has 2 heterocycles. The van der Waals surface area contributed by atoms with Crippen molar-refractivity contribution in [2.24, 2.45) is 4.99 Å². The lowest BCUT2D eigenvalue weighted by Crippen LogP contribution is -2.38. The van der Waals surface area contributed by atoms with Crippen molar-refractivity contribution in [2.45, 2.75) is 37.3 Å². The Bertz CT molecular complexity index is 775. The fraction of sp³-hybridized carbons (Fsp3) is 0.312. The number of allylic oxidation sites excluding steroid dienone is 2. The topological polar surface area (TPSA) is 55.7 Å². The molecule has 2 aliphatic rings. The molecule has 1 aromatic carbocycles. The molecule has 0 spiro atoms. The first-order valence-corrected chi connectivity index (χ1v) is 8.25. The maximum atomic E-state index is 12.9. The Hall–Kier alpha value is -1.88. The fourth-order valence-corrected chi connectivity index (χ4v) is 4.74. The van der Waals surface area contributed by atoms with Crippen molar-refractivity contribution >= 4 is 16.1 Å². The number of sulfone groups is 1. The van der Waals surface area contributed by atoms with Crippen molar-refractivity contribution in [3.8, 4) is 0 Å². The molecule has 2 aliphatic heterocycles. The van der Waals surface area contributed by atoms with E-state index in [4.69, 9.17) is 4.74 Å². The monoisotopic (exact) mass is 303 g/mol. The molecule has 0 aromatic heterocycles. The highest BCUT2D eigenvalue weighted by molar-refractivity contribution is 7.95. The van der Waals surface area contributed by atoms with E-state index >= 15 is 0 Å². The molecule has 0 amide bonds. The molecule has 0 bridgehead atoms. The Kier molecular flexibility index (Phi) is 3.06. The first kappa shape index (κ1) is 14.1. The van der Waals surface area contributed by atoms with Gasteiger partial charge in [0.05, 0.1) is 4.90 Å². The summed E-state index contributed by atoms with van der Waals surface area (Å²) in [5.41, 5.74) is 0.250. The highest BCUT2D eigenvalue weighted by Gasteiger charge is 2.50. The quantitative estimate of drug-likeness (QED) is 0.844. The Morgan fingerprint density at radius 3 is 2.52 bits per heavy atom. The van der Waals surface area contributed by atoms with Gasteiger partial charge in [0.2, 0.25) is 9.84 Å². The summed E-state index contributed by atoms with van der Waals surface area (Å²) in [5, 5.41) is 0. The molecule has 2 atom stereocenters. The second-order valence-electron chi connectivity index (χ2n) is 5.59. The summed E-state index contributed by atoms with van der Waals surface area (Å²) < 4.78 is 31.6. The molecule has 3 rings (SSSR count). The summed E-state index contributed by atoms with van der Waals surface area (Å²) in [6, 6.07) is 7.89. The van der Waals surface area contributed by atoms with Gasteiger partial charge in [-0.1, -0.05) is 18.2 Å². The molecule has 0 saturated carbocycles. The van der Waals surface area contributed by atoms with Gasteiger partial charge in [0.1, 0.15) is 16.7 Å². The van der Waals surface area contributed by atoms with Gasteiger partial charge < -0.3 is 4.74 Å². The van der Waals surface area contributed by atoms with Crippen LogP contribution in [-0.4, -0.2) is 26.3 Å². The SMILES string of the molecule is CC1=C[C@]2(C)OC(C)=C(S(=O)(=O)c3ccccc3)[C@@H]2N=C1. The number of hydrogen-bond acceptors (Lipinski definition) is 4. The average molecular weight is 303 g/mol. The molecule has 4 nitrogen and oxygen atoms in total. The largest absolute Gasteiger partial charge is 0.484 e. The smallest absolute Gasteiger partial charge is 0.208 e. The van der Waals surface area contributed by atoms with Crippen LogP contribution in [0.5, 0.6) is 0 Å². The maximum absolute atomic E-state index is 12.9. The van der Waals surface area contributed by atoms with Crippen molar-refractivity contribution in [1.29, 1.82) is 0 Å². The van der Waals surface area contributed by atoms with Gasteiger partial charge in [-0.05, 0) is 44.6 Å². The average Bonchev–Trinajstić information content (AvgIpc) is 2.69. The van der Waals surface area contributed by atoms with Gasteiger partial charge in [0, 0.05) is 6.21 Å². The molecule has 0 N–H and O–H groups in total. The van der Waals surface area contributed by atoms with E-state index in [2.05, 4.69) is 4.99 Å². The minimum Gasteiger partial charge on any atom is -0.484 e. The molecule has 0 fully saturated rings. The summed E-state index contributed by atoms with van der Waals surface area (Å²) in [5.74, 6) is 0.425. The van der Waals surface area contributed by atoms with E-state index in [0.717, 1.165) is 5.57 Å². The molecule has 5 heteroatoms. The van der Waals surface area contributed by atoms with E-state index in [1.807, 2.05) is 19.9 Å². The zero-order chi connectivity index (χ0) is 15.3. The van der Waals surface area contributed by atoms with Crippen LogP contribution < -0.4 is 0 Å². The van der Waals surface area contributed by atoms with E-state index < -0.39 is 21.5 Å². The number of rotatable bonds is 2. The third-order valence-electron chi connectivity index (χ3n) is 3.80. The van der Waals surface area contributed by atoms with Crippen molar-refractivity contribution in [2.75, 3.05) is 0 Å². The Morgan fingerprint density at radius 1 is 1.19 bits per heavy atom. The summed E-state index contributed by atoms with van der Waals surface area (Å²) in [4.78, 5) is 4.94. The molecular formula is C16H17NO3S. The summed E-state index contributed by atoms with van der Waals surface area (Å²) in [6.07, 6.45) is 3.64. The minimum absolute atomic E-state index is 0.260. The number of dihydropyridines is 1. The Morgan fingerprint density at radius 2 is 1.86 bits per heavy atom. The predicted molar refractivity (Wildman–Crippen MR) is 81.9 cm³/mol. The van der Waals surface area contributed by atoms with Crippen LogP contribution in [0.2, 0.25) is 0 Å².